The summed E-state index contributed by atoms with van der Waals surface area (Å²) < 4.78 is 15.5. The molecule has 2 unspecified atom stereocenters. The van der Waals surface area contributed by atoms with Gasteiger partial charge in [-0.2, -0.15) is 5.10 Å². The third-order valence-corrected chi connectivity index (χ3v) is 3.23. The molecule has 1 heterocycles. The Labute approximate surface area is 110 Å². The first-order chi connectivity index (χ1) is 8.50. The molecule has 0 saturated heterocycles. The zero-order chi connectivity index (χ0) is 13.3. The second-order valence-corrected chi connectivity index (χ2v) is 4.78. The van der Waals surface area contributed by atoms with E-state index < -0.39 is 0 Å². The number of aryl methyl sites for hydroxylation is 1. The van der Waals surface area contributed by atoms with Gasteiger partial charge in [0.15, 0.2) is 0 Å². The van der Waals surface area contributed by atoms with Crippen LogP contribution >= 0.6 is 11.6 Å². The van der Waals surface area contributed by atoms with Gasteiger partial charge in [-0.25, -0.2) is 4.39 Å². The molecule has 0 spiro atoms. The van der Waals surface area contributed by atoms with Crippen LogP contribution in [0.5, 0.6) is 0 Å². The fourth-order valence-electron chi connectivity index (χ4n) is 1.98. The number of nitrogens with two attached hydrogens (primary N) is 1. The van der Waals surface area contributed by atoms with Crippen LogP contribution in [0.2, 0.25) is 5.02 Å². The lowest BCUT2D eigenvalue weighted by Gasteiger charge is -2.22. The summed E-state index contributed by atoms with van der Waals surface area (Å²) >= 11 is 5.99. The smallest absolute Gasteiger partial charge is 0.128 e. The quantitative estimate of drug-likeness (QED) is 0.929. The average Bonchev–Trinajstić information content (AvgIpc) is 2.61. The Morgan fingerprint density at radius 2 is 2.06 bits per heavy atom. The molecule has 1 aromatic carbocycles. The van der Waals surface area contributed by atoms with Gasteiger partial charge in [-0.1, -0.05) is 29.8 Å². The lowest BCUT2D eigenvalue weighted by Crippen LogP contribution is -2.31. The van der Waals surface area contributed by atoms with Crippen LogP contribution < -0.4 is 5.73 Å². The molecule has 0 bridgehead atoms. The first kappa shape index (κ1) is 13.1. The van der Waals surface area contributed by atoms with Crippen LogP contribution in [0.15, 0.2) is 30.5 Å². The number of nitrogens with zero attached hydrogens (tertiary/aromatic N) is 2. The topological polar surface area (TPSA) is 43.8 Å². The van der Waals surface area contributed by atoms with Gasteiger partial charge in [-0.3, -0.25) is 4.68 Å². The highest BCUT2D eigenvalue weighted by Gasteiger charge is 2.23. The van der Waals surface area contributed by atoms with E-state index in [1.807, 2.05) is 6.92 Å². The van der Waals surface area contributed by atoms with Crippen molar-refractivity contribution in [1.82, 2.24) is 9.78 Å². The van der Waals surface area contributed by atoms with Gasteiger partial charge in [0.1, 0.15) is 5.82 Å². The van der Waals surface area contributed by atoms with Crippen molar-refractivity contribution in [3.63, 3.8) is 0 Å². The number of halogens is 2. The highest BCUT2D eigenvalue weighted by atomic mass is 35.5. The minimum absolute atomic E-state index is 0.280. The molecule has 2 aromatic rings. The Morgan fingerprint density at radius 1 is 1.39 bits per heavy atom. The highest BCUT2D eigenvalue weighted by Crippen LogP contribution is 2.25. The van der Waals surface area contributed by atoms with Crippen molar-refractivity contribution >= 4 is 11.6 Å². The Morgan fingerprint density at radius 3 is 2.56 bits per heavy atom. The van der Waals surface area contributed by atoms with Gasteiger partial charge in [-0.05, 0) is 19.9 Å². The molecule has 2 N–H and O–H groups in total. The van der Waals surface area contributed by atoms with E-state index in [4.69, 9.17) is 17.3 Å². The maximum atomic E-state index is 13.9. The van der Waals surface area contributed by atoms with Gasteiger partial charge in [-0.15, -0.1) is 0 Å². The monoisotopic (exact) mass is 267 g/mol. The molecule has 5 heteroatoms. The number of aromatic nitrogens is 2. The fraction of sp³-hybridized carbons (Fsp3) is 0.308. The number of hydrogen-bond donors (Lipinski definition) is 1. The minimum atomic E-state index is -0.364. The van der Waals surface area contributed by atoms with Crippen LogP contribution in [0.4, 0.5) is 4.39 Å². The Balaban J connectivity index is 2.50. The van der Waals surface area contributed by atoms with Crippen molar-refractivity contribution in [1.29, 1.82) is 0 Å². The van der Waals surface area contributed by atoms with Crippen LogP contribution in [0.25, 0.3) is 0 Å². The molecular weight excluding hydrogens is 253 g/mol. The molecule has 0 saturated carbocycles. The maximum Gasteiger partial charge on any atom is 0.128 e. The summed E-state index contributed by atoms with van der Waals surface area (Å²) in [7, 11) is 0. The zero-order valence-corrected chi connectivity index (χ0v) is 11.0. The van der Waals surface area contributed by atoms with Crippen LogP contribution in [0.1, 0.15) is 24.2 Å². The molecule has 0 radical (unpaired) electrons. The summed E-state index contributed by atoms with van der Waals surface area (Å²) in [6.07, 6.45) is 1.68. The summed E-state index contributed by atoms with van der Waals surface area (Å²) in [6, 6.07) is 5.93. The highest BCUT2D eigenvalue weighted by molar-refractivity contribution is 6.31. The molecule has 96 valence electrons. The van der Waals surface area contributed by atoms with E-state index in [0.717, 1.165) is 0 Å². The van der Waals surface area contributed by atoms with Crippen LogP contribution in [-0.4, -0.2) is 15.8 Å². The number of rotatable bonds is 3. The standard InChI is InChI=1S/C13H15ClFN3/c1-8(16)13(10-5-3-4-6-12(10)15)18-7-11(14)9(2)17-18/h3-8,13H,16H2,1-2H3. The van der Waals surface area contributed by atoms with E-state index in [-0.39, 0.29) is 17.9 Å². The van der Waals surface area contributed by atoms with Crippen LogP contribution in [0, 0.1) is 12.7 Å². The predicted octanol–water partition coefficient (Wildman–Crippen LogP) is 2.92. The SMILES string of the molecule is Cc1nn(C(c2ccccc2F)C(C)N)cc1Cl. The largest absolute Gasteiger partial charge is 0.326 e. The van der Waals surface area contributed by atoms with Crippen molar-refractivity contribution < 1.29 is 4.39 Å². The van der Waals surface area contributed by atoms with E-state index in [2.05, 4.69) is 5.10 Å². The van der Waals surface area contributed by atoms with Crippen molar-refractivity contribution in [2.45, 2.75) is 25.9 Å². The van der Waals surface area contributed by atoms with E-state index in [1.54, 1.807) is 36.0 Å². The molecule has 2 rings (SSSR count). The molecule has 2 atom stereocenters. The third kappa shape index (κ3) is 2.40. The van der Waals surface area contributed by atoms with Crippen LogP contribution in [0.3, 0.4) is 0 Å². The molecule has 0 aliphatic carbocycles. The van der Waals surface area contributed by atoms with Gasteiger partial charge in [0.25, 0.3) is 0 Å². The van der Waals surface area contributed by atoms with E-state index >= 15 is 0 Å². The summed E-state index contributed by atoms with van der Waals surface area (Å²) in [5, 5.41) is 4.84. The number of hydrogen-bond acceptors (Lipinski definition) is 2. The Bertz CT molecular complexity index is 531. The molecule has 0 aliphatic heterocycles. The Kier molecular flexibility index (Phi) is 3.68. The molecule has 0 aliphatic rings. The van der Waals surface area contributed by atoms with E-state index in [1.165, 1.54) is 6.07 Å². The first-order valence-corrected chi connectivity index (χ1v) is 6.09. The fourth-order valence-corrected chi connectivity index (χ4v) is 2.12. The van der Waals surface area contributed by atoms with Crippen molar-refractivity contribution in [3.05, 3.63) is 52.6 Å². The zero-order valence-electron chi connectivity index (χ0n) is 10.3. The van der Waals surface area contributed by atoms with E-state index in [9.17, 15) is 4.39 Å². The third-order valence-electron chi connectivity index (χ3n) is 2.86. The minimum Gasteiger partial charge on any atom is -0.326 e. The van der Waals surface area contributed by atoms with Gasteiger partial charge in [0.2, 0.25) is 0 Å². The molecule has 18 heavy (non-hydrogen) atoms. The lowest BCUT2D eigenvalue weighted by molar-refractivity contribution is 0.433. The second-order valence-electron chi connectivity index (χ2n) is 4.37. The molecule has 1 aromatic heterocycles. The van der Waals surface area contributed by atoms with Gasteiger partial charge >= 0.3 is 0 Å². The summed E-state index contributed by atoms with van der Waals surface area (Å²) in [6.45, 7) is 3.63. The average molecular weight is 268 g/mol. The summed E-state index contributed by atoms with van der Waals surface area (Å²) in [5.41, 5.74) is 7.19. The van der Waals surface area contributed by atoms with Crippen molar-refractivity contribution in [2.75, 3.05) is 0 Å². The molecule has 3 nitrogen and oxygen atoms in total. The second kappa shape index (κ2) is 5.08. The van der Waals surface area contributed by atoms with Crippen LogP contribution in [-0.2, 0) is 0 Å². The lowest BCUT2D eigenvalue weighted by atomic mass is 10.0. The van der Waals surface area contributed by atoms with E-state index in [0.29, 0.717) is 16.3 Å². The molecule has 0 fully saturated rings. The number of benzene rings is 1. The van der Waals surface area contributed by atoms with Crippen molar-refractivity contribution in [3.8, 4) is 0 Å². The van der Waals surface area contributed by atoms with Gasteiger partial charge < -0.3 is 5.73 Å². The summed E-state index contributed by atoms with van der Waals surface area (Å²) in [4.78, 5) is 0. The van der Waals surface area contributed by atoms with Gasteiger partial charge in [0.05, 0.1) is 16.8 Å². The maximum absolute atomic E-state index is 13.9. The predicted molar refractivity (Wildman–Crippen MR) is 70.2 cm³/mol. The first-order valence-electron chi connectivity index (χ1n) is 5.72. The molecule has 0 amide bonds. The van der Waals surface area contributed by atoms with Crippen molar-refractivity contribution in [2.24, 2.45) is 5.73 Å². The normalized spacial score (nSPS) is 14.5. The molecular formula is C13H15ClFN3. The Hall–Kier alpha value is -1.39. The van der Waals surface area contributed by atoms with Gasteiger partial charge in [0, 0.05) is 17.8 Å². The summed E-state index contributed by atoms with van der Waals surface area (Å²) in [5.74, 6) is -0.288.